The summed E-state index contributed by atoms with van der Waals surface area (Å²) in [7, 11) is -4.05. The first-order chi connectivity index (χ1) is 15.7. The van der Waals surface area contributed by atoms with E-state index >= 15 is 0 Å². The summed E-state index contributed by atoms with van der Waals surface area (Å²) in [4.78, 5) is 13.1. The van der Waals surface area contributed by atoms with E-state index in [1.165, 1.54) is 30.3 Å². The molecule has 3 N–H and O–H groups in total. The van der Waals surface area contributed by atoms with Crippen molar-refractivity contribution in [3.63, 3.8) is 0 Å². The van der Waals surface area contributed by atoms with Crippen molar-refractivity contribution in [2.75, 3.05) is 4.72 Å². The van der Waals surface area contributed by atoms with Gasteiger partial charge in [-0.1, -0.05) is 12.1 Å². The van der Waals surface area contributed by atoms with E-state index in [4.69, 9.17) is 0 Å². The summed E-state index contributed by atoms with van der Waals surface area (Å²) in [5, 5.41) is 2.64. The van der Waals surface area contributed by atoms with Gasteiger partial charge in [-0.15, -0.1) is 0 Å². The van der Waals surface area contributed by atoms with Crippen molar-refractivity contribution < 1.29 is 22.0 Å². The fourth-order valence-electron chi connectivity index (χ4n) is 3.27. The number of fused-ring (bicyclic) bond motifs is 1. The summed E-state index contributed by atoms with van der Waals surface area (Å²) in [6, 6.07) is 7.05. The molecule has 2 aliphatic rings. The molecule has 0 saturated heterocycles. The molecule has 0 aliphatic carbocycles. The average molecular weight is 602 g/mol. The van der Waals surface area contributed by atoms with E-state index in [9.17, 15) is 22.0 Å². The van der Waals surface area contributed by atoms with Gasteiger partial charge < -0.3 is 10.0 Å². The summed E-state index contributed by atoms with van der Waals surface area (Å²) in [5.41, 5.74) is 0.724. The maximum atomic E-state index is 14.1. The normalized spacial score (nSPS) is 15.8. The molecule has 7 nitrogen and oxygen atoms in total. The zero-order chi connectivity index (χ0) is 23.8. The van der Waals surface area contributed by atoms with E-state index < -0.39 is 33.6 Å². The SMILES string of the molecule is C[C@@H](NC(=O)c1cccc(I)c1NS(=O)(=O)C1=CC=CN2SNC=C12)c1ccc(F)cc1F. The maximum Gasteiger partial charge on any atom is 0.264 e. The van der Waals surface area contributed by atoms with Crippen LogP contribution < -0.4 is 14.8 Å². The highest BCUT2D eigenvalue weighted by Gasteiger charge is 2.31. The van der Waals surface area contributed by atoms with Crippen LogP contribution in [0, 0.1) is 15.2 Å². The number of nitrogens with zero attached hydrogens (tertiary/aromatic N) is 1. The molecule has 0 aromatic heterocycles. The molecule has 1 amide bonds. The Kier molecular flexibility index (Phi) is 6.68. The van der Waals surface area contributed by atoms with Crippen LogP contribution in [0.15, 0.2) is 71.6 Å². The largest absolute Gasteiger partial charge is 0.345 e. The number of halogens is 3. The molecular formula is C21H17F2IN4O3S2. The van der Waals surface area contributed by atoms with Gasteiger partial charge in [-0.05, 0) is 59.9 Å². The second-order valence-corrected chi connectivity index (χ2v) is 10.7. The van der Waals surface area contributed by atoms with E-state index in [0.29, 0.717) is 9.27 Å². The number of hydrogen-bond acceptors (Lipinski definition) is 6. The van der Waals surface area contributed by atoms with E-state index in [1.54, 1.807) is 41.8 Å². The molecule has 0 bridgehead atoms. The van der Waals surface area contributed by atoms with Crippen LogP contribution in [0.2, 0.25) is 0 Å². The van der Waals surface area contributed by atoms with Crippen molar-refractivity contribution in [2.24, 2.45) is 0 Å². The van der Waals surface area contributed by atoms with Crippen LogP contribution in [-0.4, -0.2) is 18.6 Å². The van der Waals surface area contributed by atoms with Gasteiger partial charge in [0.05, 0.1) is 35.1 Å². The number of para-hydroxylation sites is 1. The predicted molar refractivity (Wildman–Crippen MR) is 132 cm³/mol. The minimum absolute atomic E-state index is 0.0373. The lowest BCUT2D eigenvalue weighted by atomic mass is 10.1. The third kappa shape index (κ3) is 4.87. The molecule has 0 saturated carbocycles. The second kappa shape index (κ2) is 9.35. The van der Waals surface area contributed by atoms with Gasteiger partial charge in [-0.25, -0.2) is 17.2 Å². The van der Waals surface area contributed by atoms with Crippen molar-refractivity contribution in [2.45, 2.75) is 13.0 Å². The Labute approximate surface area is 207 Å². The van der Waals surface area contributed by atoms with Crippen LogP contribution in [0.25, 0.3) is 0 Å². The zero-order valence-corrected chi connectivity index (χ0v) is 20.8. The summed E-state index contributed by atoms with van der Waals surface area (Å²) in [6.45, 7) is 1.55. The number of carbonyl (C=O) groups excluding carboxylic acids is 1. The van der Waals surface area contributed by atoms with Gasteiger partial charge in [0.2, 0.25) is 0 Å². The van der Waals surface area contributed by atoms with Gasteiger partial charge in [0.1, 0.15) is 16.5 Å². The van der Waals surface area contributed by atoms with E-state index in [1.807, 2.05) is 22.6 Å². The Hall–Kier alpha value is -2.58. The molecule has 172 valence electrons. The number of nitrogens with one attached hydrogen (secondary N) is 3. The Morgan fingerprint density at radius 2 is 2.03 bits per heavy atom. The average Bonchev–Trinajstić information content (AvgIpc) is 3.23. The quantitative estimate of drug-likeness (QED) is 0.333. The topological polar surface area (TPSA) is 90.5 Å². The number of hydrogen-bond donors (Lipinski definition) is 3. The molecule has 0 radical (unpaired) electrons. The highest BCUT2D eigenvalue weighted by Crippen LogP contribution is 2.35. The Morgan fingerprint density at radius 1 is 1.24 bits per heavy atom. The number of carbonyl (C=O) groups is 1. The van der Waals surface area contributed by atoms with Gasteiger partial charge in [-0.2, -0.15) is 0 Å². The van der Waals surface area contributed by atoms with Crippen LogP contribution in [0.1, 0.15) is 28.9 Å². The molecule has 2 aromatic rings. The molecule has 0 fully saturated rings. The third-order valence-electron chi connectivity index (χ3n) is 4.87. The molecule has 12 heteroatoms. The third-order valence-corrected chi connectivity index (χ3v) is 7.90. The van der Waals surface area contributed by atoms with Gasteiger partial charge in [0, 0.05) is 27.6 Å². The van der Waals surface area contributed by atoms with Crippen molar-refractivity contribution in [3.8, 4) is 0 Å². The molecule has 4 rings (SSSR count). The van der Waals surface area contributed by atoms with Crippen LogP contribution in [0.5, 0.6) is 0 Å². The van der Waals surface area contributed by atoms with Crippen LogP contribution >= 0.6 is 34.7 Å². The molecule has 2 heterocycles. The Balaban J connectivity index is 1.61. The van der Waals surface area contributed by atoms with Gasteiger partial charge >= 0.3 is 0 Å². The van der Waals surface area contributed by atoms with Crippen molar-refractivity contribution in [3.05, 3.63) is 97.9 Å². The van der Waals surface area contributed by atoms with E-state index in [-0.39, 0.29) is 21.7 Å². The minimum atomic E-state index is -4.05. The van der Waals surface area contributed by atoms with Crippen LogP contribution in [0.3, 0.4) is 0 Å². The first-order valence-electron chi connectivity index (χ1n) is 9.55. The molecule has 1 atom stereocenters. The Morgan fingerprint density at radius 3 is 2.79 bits per heavy atom. The van der Waals surface area contributed by atoms with Crippen molar-refractivity contribution in [1.82, 2.24) is 14.3 Å². The fourth-order valence-corrected chi connectivity index (χ4v) is 6.10. The number of anilines is 1. The predicted octanol–water partition coefficient (Wildman–Crippen LogP) is 4.52. The number of sulfonamides is 1. The smallest absolute Gasteiger partial charge is 0.264 e. The lowest BCUT2D eigenvalue weighted by molar-refractivity contribution is 0.0940. The molecule has 33 heavy (non-hydrogen) atoms. The monoisotopic (exact) mass is 602 g/mol. The first-order valence-corrected chi connectivity index (χ1v) is 12.9. The van der Waals surface area contributed by atoms with Gasteiger partial charge in [-0.3, -0.25) is 13.8 Å². The molecular weight excluding hydrogens is 585 g/mol. The number of rotatable bonds is 6. The highest BCUT2D eigenvalue weighted by atomic mass is 127. The maximum absolute atomic E-state index is 14.1. The summed E-state index contributed by atoms with van der Waals surface area (Å²) in [5.74, 6) is -2.12. The van der Waals surface area contributed by atoms with Crippen molar-refractivity contribution in [1.29, 1.82) is 0 Å². The van der Waals surface area contributed by atoms with Gasteiger partial charge in [0.15, 0.2) is 0 Å². The van der Waals surface area contributed by atoms with Gasteiger partial charge in [0.25, 0.3) is 15.9 Å². The minimum Gasteiger partial charge on any atom is -0.345 e. The molecule has 0 spiro atoms. The highest BCUT2D eigenvalue weighted by molar-refractivity contribution is 14.1. The standard InChI is InChI=1S/C21H17F2IN4O3S2/c1-12(14-8-7-13(22)10-16(14)23)26-21(29)15-4-2-5-17(24)20(15)27-33(30,31)19-6-3-9-28-18(19)11-25-32-28/h2-12,25,27H,1H3,(H,26,29)/t12-/m1/s1. The van der Waals surface area contributed by atoms with Crippen molar-refractivity contribution >= 4 is 56.3 Å². The van der Waals surface area contributed by atoms with Crippen LogP contribution in [-0.2, 0) is 10.0 Å². The number of allylic oxidation sites excluding steroid dienone is 2. The Bertz CT molecular complexity index is 1330. The molecule has 2 aromatic carbocycles. The fraction of sp³-hybridized carbons (Fsp3) is 0.0952. The second-order valence-electron chi connectivity index (χ2n) is 7.07. The summed E-state index contributed by atoms with van der Waals surface area (Å²) >= 11 is 3.15. The molecule has 2 aliphatic heterocycles. The zero-order valence-electron chi connectivity index (χ0n) is 17.0. The molecule has 0 unspecified atom stereocenters. The summed E-state index contributed by atoms with van der Waals surface area (Å²) in [6.07, 6.45) is 6.36. The number of amides is 1. The van der Waals surface area contributed by atoms with Crippen LogP contribution in [0.4, 0.5) is 14.5 Å². The first kappa shape index (κ1) is 23.6. The lowest BCUT2D eigenvalue weighted by Gasteiger charge is -2.22. The lowest BCUT2D eigenvalue weighted by Crippen LogP contribution is -2.29. The summed E-state index contributed by atoms with van der Waals surface area (Å²) < 4.78 is 61.3. The van der Waals surface area contributed by atoms with E-state index in [0.717, 1.165) is 12.1 Å². The number of benzene rings is 2. The van der Waals surface area contributed by atoms with E-state index in [2.05, 4.69) is 14.8 Å².